The molecule has 2 aromatic rings. The number of H-pyrrole nitrogens is 1. The maximum absolute atomic E-state index is 12.9. The van der Waals surface area contributed by atoms with Gasteiger partial charge in [-0.1, -0.05) is 0 Å². The molecule has 1 saturated heterocycles. The maximum atomic E-state index is 12.9. The van der Waals surface area contributed by atoms with Gasteiger partial charge in [0, 0.05) is 42.9 Å². The smallest absolute Gasteiger partial charge is 0.254 e. The standard InChI is InChI=1S/C17H21N5O2/c1-10-19-15-8-13-4-3-12(7-14(15)17(24)20-10)22(13)16(23)9-21-6-5-18-11(21)2/h5-6,12-13H,3-4,7-9H2,1-2H3,(H,19,20,24). The molecule has 0 aromatic carbocycles. The van der Waals surface area contributed by atoms with Crippen LogP contribution in [0.15, 0.2) is 17.2 Å². The molecule has 7 nitrogen and oxygen atoms in total. The number of nitrogens with zero attached hydrogens (tertiary/aromatic N) is 4. The first-order chi connectivity index (χ1) is 11.5. The van der Waals surface area contributed by atoms with E-state index in [0.29, 0.717) is 25.2 Å². The molecule has 0 saturated carbocycles. The summed E-state index contributed by atoms with van der Waals surface area (Å²) in [6, 6.07) is 0.236. The zero-order chi connectivity index (χ0) is 16.8. The van der Waals surface area contributed by atoms with E-state index in [2.05, 4.69) is 15.0 Å². The van der Waals surface area contributed by atoms with Crippen molar-refractivity contribution in [3.8, 4) is 0 Å². The number of rotatable bonds is 2. The summed E-state index contributed by atoms with van der Waals surface area (Å²) in [7, 11) is 0. The largest absolute Gasteiger partial charge is 0.334 e. The van der Waals surface area contributed by atoms with E-state index in [9.17, 15) is 9.59 Å². The lowest BCUT2D eigenvalue weighted by atomic mass is 9.98. The Kier molecular flexibility index (Phi) is 3.51. The highest BCUT2D eigenvalue weighted by molar-refractivity contribution is 5.77. The third-order valence-electron chi connectivity index (χ3n) is 5.23. The number of fused-ring (bicyclic) bond motifs is 3. The lowest BCUT2D eigenvalue weighted by Crippen LogP contribution is -2.43. The first kappa shape index (κ1) is 15.1. The molecule has 0 spiro atoms. The minimum absolute atomic E-state index is 0.0529. The van der Waals surface area contributed by atoms with E-state index in [-0.39, 0.29) is 23.6 Å². The van der Waals surface area contributed by atoms with Crippen LogP contribution in [0, 0.1) is 13.8 Å². The van der Waals surface area contributed by atoms with Crippen LogP contribution in [0.2, 0.25) is 0 Å². The fourth-order valence-corrected chi connectivity index (χ4v) is 4.07. The van der Waals surface area contributed by atoms with E-state index in [1.54, 1.807) is 13.1 Å². The summed E-state index contributed by atoms with van der Waals surface area (Å²) in [6.07, 6.45) is 6.74. The van der Waals surface area contributed by atoms with Crippen LogP contribution in [0.1, 0.15) is 35.7 Å². The second kappa shape index (κ2) is 5.58. The van der Waals surface area contributed by atoms with Gasteiger partial charge in [-0.15, -0.1) is 0 Å². The van der Waals surface area contributed by atoms with Gasteiger partial charge in [0.2, 0.25) is 5.91 Å². The Hall–Kier alpha value is -2.44. The normalized spacial score (nSPS) is 22.3. The van der Waals surface area contributed by atoms with Gasteiger partial charge in [-0.3, -0.25) is 9.59 Å². The number of imidazole rings is 1. The van der Waals surface area contributed by atoms with E-state index in [1.165, 1.54) is 0 Å². The van der Waals surface area contributed by atoms with Crippen molar-refractivity contribution in [3.63, 3.8) is 0 Å². The van der Waals surface area contributed by atoms with Crippen molar-refractivity contribution >= 4 is 5.91 Å². The summed E-state index contributed by atoms with van der Waals surface area (Å²) in [6.45, 7) is 4.00. The SMILES string of the molecule is Cc1nc2c(c(=O)[nH]1)CC1CCC(C2)N1C(=O)Cn1ccnc1C. The summed E-state index contributed by atoms with van der Waals surface area (Å²) < 4.78 is 1.87. The number of nitrogens with one attached hydrogen (secondary N) is 1. The number of hydrogen-bond acceptors (Lipinski definition) is 4. The fourth-order valence-electron chi connectivity index (χ4n) is 4.07. The minimum Gasteiger partial charge on any atom is -0.334 e. The molecule has 0 aliphatic carbocycles. The van der Waals surface area contributed by atoms with Gasteiger partial charge in [-0.2, -0.15) is 0 Å². The Morgan fingerprint density at radius 1 is 1.29 bits per heavy atom. The minimum atomic E-state index is -0.0529. The summed E-state index contributed by atoms with van der Waals surface area (Å²) >= 11 is 0. The van der Waals surface area contributed by atoms with Gasteiger partial charge in [-0.05, 0) is 26.7 Å². The van der Waals surface area contributed by atoms with Crippen LogP contribution in [-0.2, 0) is 24.2 Å². The Morgan fingerprint density at radius 2 is 2.04 bits per heavy atom. The molecule has 1 amide bonds. The molecular formula is C17H21N5O2. The predicted molar refractivity (Wildman–Crippen MR) is 87.6 cm³/mol. The molecule has 1 fully saturated rings. The third kappa shape index (κ3) is 2.44. The molecular weight excluding hydrogens is 306 g/mol. The molecule has 2 aromatic heterocycles. The lowest BCUT2D eigenvalue weighted by Gasteiger charge is -2.28. The monoisotopic (exact) mass is 327 g/mol. The number of aromatic nitrogens is 4. The average Bonchev–Trinajstić information content (AvgIpc) is 3.03. The first-order valence-electron chi connectivity index (χ1n) is 8.40. The Labute approximate surface area is 139 Å². The summed E-state index contributed by atoms with van der Waals surface area (Å²) in [5, 5.41) is 0. The second-order valence-corrected chi connectivity index (χ2v) is 6.77. The summed E-state index contributed by atoms with van der Waals surface area (Å²) in [5.74, 6) is 1.58. The van der Waals surface area contributed by atoms with Gasteiger partial charge in [-0.25, -0.2) is 9.97 Å². The zero-order valence-electron chi connectivity index (χ0n) is 14.0. The molecule has 1 N–H and O–H groups in total. The van der Waals surface area contributed by atoms with Crippen molar-refractivity contribution in [1.82, 2.24) is 24.4 Å². The molecule has 2 aliphatic heterocycles. The number of aromatic amines is 1. The molecule has 2 bridgehead atoms. The average molecular weight is 327 g/mol. The molecule has 4 rings (SSSR count). The fraction of sp³-hybridized carbons (Fsp3) is 0.529. The van der Waals surface area contributed by atoms with E-state index >= 15 is 0 Å². The Balaban J connectivity index is 1.63. The third-order valence-corrected chi connectivity index (χ3v) is 5.23. The van der Waals surface area contributed by atoms with Crippen LogP contribution in [0.5, 0.6) is 0 Å². The van der Waals surface area contributed by atoms with Gasteiger partial charge >= 0.3 is 0 Å². The van der Waals surface area contributed by atoms with Crippen LogP contribution >= 0.6 is 0 Å². The van der Waals surface area contributed by atoms with Gasteiger partial charge in [0.1, 0.15) is 18.2 Å². The molecule has 2 unspecified atom stereocenters. The highest BCUT2D eigenvalue weighted by atomic mass is 16.2. The molecule has 4 heterocycles. The van der Waals surface area contributed by atoms with Crippen molar-refractivity contribution in [2.75, 3.05) is 0 Å². The number of hydrogen-bond donors (Lipinski definition) is 1. The van der Waals surface area contributed by atoms with E-state index in [0.717, 1.165) is 29.9 Å². The maximum Gasteiger partial charge on any atom is 0.254 e. The van der Waals surface area contributed by atoms with Crippen LogP contribution < -0.4 is 5.56 Å². The molecule has 2 aliphatic rings. The number of aryl methyl sites for hydroxylation is 2. The van der Waals surface area contributed by atoms with Gasteiger partial charge < -0.3 is 14.5 Å². The van der Waals surface area contributed by atoms with Crippen molar-refractivity contribution in [2.45, 2.75) is 58.2 Å². The topological polar surface area (TPSA) is 83.9 Å². The highest BCUT2D eigenvalue weighted by Gasteiger charge is 2.40. The van der Waals surface area contributed by atoms with Gasteiger partial charge in [0.15, 0.2) is 0 Å². The summed E-state index contributed by atoms with van der Waals surface area (Å²) in [5.41, 5.74) is 1.56. The van der Waals surface area contributed by atoms with E-state index in [1.807, 2.05) is 22.6 Å². The van der Waals surface area contributed by atoms with E-state index in [4.69, 9.17) is 0 Å². The van der Waals surface area contributed by atoms with Crippen LogP contribution in [0.25, 0.3) is 0 Å². The number of carbonyl (C=O) groups is 1. The van der Waals surface area contributed by atoms with Crippen LogP contribution in [0.3, 0.4) is 0 Å². The zero-order valence-corrected chi connectivity index (χ0v) is 14.0. The first-order valence-corrected chi connectivity index (χ1v) is 8.40. The van der Waals surface area contributed by atoms with Crippen molar-refractivity contribution in [1.29, 1.82) is 0 Å². The van der Waals surface area contributed by atoms with Crippen molar-refractivity contribution in [3.05, 3.63) is 45.7 Å². The summed E-state index contributed by atoms with van der Waals surface area (Å²) in [4.78, 5) is 38.7. The quantitative estimate of drug-likeness (QED) is 0.882. The number of amides is 1. The molecule has 24 heavy (non-hydrogen) atoms. The van der Waals surface area contributed by atoms with Gasteiger partial charge in [0.25, 0.3) is 5.56 Å². The predicted octanol–water partition coefficient (Wildman–Crippen LogP) is 0.742. The van der Waals surface area contributed by atoms with Crippen LogP contribution in [-0.4, -0.2) is 42.4 Å². The molecule has 126 valence electrons. The Bertz CT molecular complexity index is 853. The van der Waals surface area contributed by atoms with Crippen molar-refractivity contribution < 1.29 is 4.79 Å². The highest BCUT2D eigenvalue weighted by Crippen LogP contribution is 2.32. The van der Waals surface area contributed by atoms with Crippen molar-refractivity contribution in [2.24, 2.45) is 0 Å². The van der Waals surface area contributed by atoms with Gasteiger partial charge in [0.05, 0.1) is 5.69 Å². The lowest BCUT2D eigenvalue weighted by molar-refractivity contribution is -0.134. The second-order valence-electron chi connectivity index (χ2n) is 6.77. The van der Waals surface area contributed by atoms with E-state index < -0.39 is 0 Å². The van der Waals surface area contributed by atoms with Crippen LogP contribution in [0.4, 0.5) is 0 Å². The number of carbonyl (C=O) groups excluding carboxylic acids is 1. The Morgan fingerprint density at radius 3 is 2.75 bits per heavy atom. The molecule has 0 radical (unpaired) electrons. The molecule has 7 heteroatoms. The molecule has 2 atom stereocenters.